The summed E-state index contributed by atoms with van der Waals surface area (Å²) in [6.07, 6.45) is 1.65. The van der Waals surface area contributed by atoms with E-state index in [0.717, 1.165) is 16.2 Å². The summed E-state index contributed by atoms with van der Waals surface area (Å²) in [5.74, 6) is -3.16. The molecule has 1 atom stereocenters. The number of aliphatic hydroxyl groups is 1. The molecule has 0 spiro atoms. The van der Waals surface area contributed by atoms with Gasteiger partial charge in [-0.3, -0.25) is 29.0 Å². The highest BCUT2D eigenvalue weighted by atomic mass is 32.1. The summed E-state index contributed by atoms with van der Waals surface area (Å²) >= 11 is 0.848. The van der Waals surface area contributed by atoms with Crippen molar-refractivity contribution < 1.29 is 29.2 Å². The minimum atomic E-state index is -1.28. The number of hydrogen-bond acceptors (Lipinski definition) is 10. The molecular formula is C26H21N5O7S. The van der Waals surface area contributed by atoms with Gasteiger partial charge in [0.2, 0.25) is 0 Å². The number of carbonyl (C=O) groups is 3. The fraction of sp³-hybridized carbons (Fsp3) is 0.192. The van der Waals surface area contributed by atoms with Crippen molar-refractivity contribution in [3.05, 3.63) is 91.9 Å². The number of thiazole rings is 1. The number of rotatable bonds is 6. The van der Waals surface area contributed by atoms with Crippen LogP contribution in [0.3, 0.4) is 0 Å². The molecule has 1 aromatic carbocycles. The number of non-ortho nitro benzene ring substituents is 1. The van der Waals surface area contributed by atoms with Gasteiger partial charge < -0.3 is 9.84 Å². The van der Waals surface area contributed by atoms with E-state index < -0.39 is 34.4 Å². The van der Waals surface area contributed by atoms with Crippen LogP contribution in [-0.4, -0.2) is 48.7 Å². The summed E-state index contributed by atoms with van der Waals surface area (Å²) in [5.41, 5.74) is 1.02. The van der Waals surface area contributed by atoms with E-state index in [0.29, 0.717) is 11.3 Å². The second kappa shape index (κ2) is 9.76. The zero-order valence-electron chi connectivity index (χ0n) is 20.9. The Morgan fingerprint density at radius 1 is 1.15 bits per heavy atom. The van der Waals surface area contributed by atoms with E-state index in [1.54, 1.807) is 49.6 Å². The SMILES string of the molecule is CCOC(=O)c1sc(N2C(=O)C(=O)C(=C(O)c3c(C)nc4ccccn34)C2c2cccc([N+](=O)[O-])c2)nc1C. The molecule has 1 fully saturated rings. The lowest BCUT2D eigenvalue weighted by Crippen LogP contribution is -2.29. The standard InChI is InChI=1S/C26H21N5O7S/c1-4-38-25(35)23-14(3)28-26(39-23)30-20(15-8-7-9-16(12-15)31(36)37)18(22(33)24(30)34)21(32)19-13(2)27-17-10-5-6-11-29(17)19/h5-12,20,32H,4H2,1-3H3. The Bertz CT molecular complexity index is 1720. The predicted molar refractivity (Wildman–Crippen MR) is 141 cm³/mol. The largest absolute Gasteiger partial charge is 0.505 e. The monoisotopic (exact) mass is 547 g/mol. The van der Waals surface area contributed by atoms with E-state index in [2.05, 4.69) is 9.97 Å². The second-order valence-electron chi connectivity index (χ2n) is 8.63. The van der Waals surface area contributed by atoms with Crippen molar-refractivity contribution in [2.75, 3.05) is 11.5 Å². The smallest absolute Gasteiger partial charge is 0.350 e. The number of esters is 1. The third-order valence-corrected chi connectivity index (χ3v) is 7.36. The van der Waals surface area contributed by atoms with Gasteiger partial charge in [-0.15, -0.1) is 0 Å². The van der Waals surface area contributed by atoms with Gasteiger partial charge in [0.05, 0.1) is 34.5 Å². The van der Waals surface area contributed by atoms with Crippen molar-refractivity contribution in [2.45, 2.75) is 26.8 Å². The van der Waals surface area contributed by atoms with Crippen LogP contribution in [0.1, 0.15) is 45.3 Å². The predicted octanol–water partition coefficient (Wildman–Crippen LogP) is 4.12. The molecule has 39 heavy (non-hydrogen) atoms. The highest BCUT2D eigenvalue weighted by molar-refractivity contribution is 7.17. The van der Waals surface area contributed by atoms with Crippen molar-refractivity contribution in [1.82, 2.24) is 14.4 Å². The first-order valence-electron chi connectivity index (χ1n) is 11.8. The van der Waals surface area contributed by atoms with E-state index in [4.69, 9.17) is 4.74 Å². The Hall–Kier alpha value is -4.91. The number of imidazole rings is 1. The van der Waals surface area contributed by atoms with Gasteiger partial charge in [-0.1, -0.05) is 29.5 Å². The molecular weight excluding hydrogens is 526 g/mol. The van der Waals surface area contributed by atoms with Gasteiger partial charge in [-0.05, 0) is 38.5 Å². The maximum Gasteiger partial charge on any atom is 0.350 e. The molecule has 1 amide bonds. The average Bonchev–Trinajstić information content (AvgIpc) is 3.54. The third-order valence-electron chi connectivity index (χ3n) is 6.22. The van der Waals surface area contributed by atoms with E-state index in [1.807, 2.05) is 0 Å². The van der Waals surface area contributed by atoms with Gasteiger partial charge in [-0.2, -0.15) is 0 Å². The topological polar surface area (TPSA) is 157 Å². The van der Waals surface area contributed by atoms with Crippen molar-refractivity contribution in [1.29, 1.82) is 0 Å². The first-order valence-corrected chi connectivity index (χ1v) is 12.6. The summed E-state index contributed by atoms with van der Waals surface area (Å²) in [7, 11) is 0. The molecule has 3 aromatic heterocycles. The minimum absolute atomic E-state index is 0.00285. The first-order chi connectivity index (χ1) is 18.6. The zero-order chi connectivity index (χ0) is 28.0. The first kappa shape index (κ1) is 25.7. The molecule has 1 aliphatic heterocycles. The molecule has 0 radical (unpaired) electrons. The van der Waals surface area contributed by atoms with Crippen LogP contribution < -0.4 is 4.90 Å². The molecule has 0 aliphatic carbocycles. The van der Waals surface area contributed by atoms with Crippen LogP contribution in [0.4, 0.5) is 10.8 Å². The summed E-state index contributed by atoms with van der Waals surface area (Å²) in [6.45, 7) is 4.99. The maximum absolute atomic E-state index is 13.5. The number of carbonyl (C=O) groups excluding carboxylic acids is 3. The summed E-state index contributed by atoms with van der Waals surface area (Å²) in [5, 5.41) is 23.1. The molecule has 4 aromatic rings. The van der Waals surface area contributed by atoms with Crippen LogP contribution in [-0.2, 0) is 14.3 Å². The van der Waals surface area contributed by atoms with Crippen molar-refractivity contribution in [2.24, 2.45) is 0 Å². The van der Waals surface area contributed by atoms with Crippen LogP contribution in [0.25, 0.3) is 11.4 Å². The number of benzene rings is 1. The maximum atomic E-state index is 13.5. The number of ketones is 1. The van der Waals surface area contributed by atoms with Gasteiger partial charge in [-0.25, -0.2) is 14.8 Å². The number of nitrogens with zero attached hydrogens (tertiary/aromatic N) is 5. The normalized spacial score (nSPS) is 16.7. The highest BCUT2D eigenvalue weighted by Crippen LogP contribution is 2.44. The highest BCUT2D eigenvalue weighted by Gasteiger charge is 2.49. The van der Waals surface area contributed by atoms with Crippen molar-refractivity contribution >= 4 is 51.2 Å². The van der Waals surface area contributed by atoms with Crippen molar-refractivity contribution in [3.63, 3.8) is 0 Å². The number of anilines is 1. The molecule has 12 nitrogen and oxygen atoms in total. The number of ether oxygens (including phenoxy) is 1. The molecule has 1 aliphatic rings. The summed E-state index contributed by atoms with van der Waals surface area (Å²) in [4.78, 5) is 60.4. The van der Waals surface area contributed by atoms with Gasteiger partial charge in [0, 0.05) is 18.3 Å². The van der Waals surface area contributed by atoms with Crippen LogP contribution in [0, 0.1) is 24.0 Å². The number of aromatic nitrogens is 3. The minimum Gasteiger partial charge on any atom is -0.505 e. The van der Waals surface area contributed by atoms with Crippen LogP contribution in [0.15, 0.2) is 54.2 Å². The van der Waals surface area contributed by atoms with E-state index in [9.17, 15) is 29.6 Å². The molecule has 4 heterocycles. The average molecular weight is 548 g/mol. The number of pyridine rings is 1. The zero-order valence-corrected chi connectivity index (χ0v) is 21.8. The fourth-order valence-electron chi connectivity index (χ4n) is 4.55. The number of amides is 1. The van der Waals surface area contributed by atoms with E-state index in [-0.39, 0.29) is 44.8 Å². The third kappa shape index (κ3) is 4.22. The molecule has 1 N–H and O–H groups in total. The number of Topliss-reactive ketones (excluding diaryl/α,β-unsaturated/α-hetero) is 1. The summed E-state index contributed by atoms with van der Waals surface area (Å²) < 4.78 is 6.65. The molecule has 1 saturated heterocycles. The van der Waals surface area contributed by atoms with Gasteiger partial charge in [0.25, 0.3) is 11.5 Å². The Balaban J connectivity index is 1.77. The van der Waals surface area contributed by atoms with E-state index >= 15 is 0 Å². The number of aliphatic hydroxyl groups excluding tert-OH is 1. The van der Waals surface area contributed by atoms with Gasteiger partial charge in [0.1, 0.15) is 16.2 Å². The Morgan fingerprint density at radius 2 is 1.92 bits per heavy atom. The van der Waals surface area contributed by atoms with E-state index in [1.165, 1.54) is 24.3 Å². The molecule has 13 heteroatoms. The lowest BCUT2D eigenvalue weighted by atomic mass is 9.96. The number of fused-ring (bicyclic) bond motifs is 1. The lowest BCUT2D eigenvalue weighted by molar-refractivity contribution is -0.384. The van der Waals surface area contributed by atoms with Crippen LogP contribution in [0.5, 0.6) is 0 Å². The van der Waals surface area contributed by atoms with Gasteiger partial charge in [0.15, 0.2) is 10.9 Å². The molecule has 1 unspecified atom stereocenters. The molecule has 0 bridgehead atoms. The number of hydrogen-bond donors (Lipinski definition) is 1. The molecule has 5 rings (SSSR count). The number of nitro groups is 1. The molecule has 0 saturated carbocycles. The Kier molecular flexibility index (Phi) is 6.44. The Labute approximate surface area is 225 Å². The Morgan fingerprint density at radius 3 is 2.64 bits per heavy atom. The van der Waals surface area contributed by atoms with Crippen molar-refractivity contribution in [3.8, 4) is 0 Å². The fourth-order valence-corrected chi connectivity index (χ4v) is 5.54. The van der Waals surface area contributed by atoms with Gasteiger partial charge >= 0.3 is 11.9 Å². The van der Waals surface area contributed by atoms with Crippen LogP contribution >= 0.6 is 11.3 Å². The summed E-state index contributed by atoms with van der Waals surface area (Å²) in [6, 6.07) is 9.36. The molecule has 198 valence electrons. The quantitative estimate of drug-likeness (QED) is 0.0936. The lowest BCUT2D eigenvalue weighted by Gasteiger charge is -2.22. The second-order valence-corrected chi connectivity index (χ2v) is 9.60. The van der Waals surface area contributed by atoms with Crippen LogP contribution in [0.2, 0.25) is 0 Å². The number of aryl methyl sites for hydroxylation is 2. The number of nitro benzene ring substituents is 1.